The Hall–Kier alpha value is -2.21. The molecule has 1 aromatic carbocycles. The van der Waals surface area contributed by atoms with Crippen molar-refractivity contribution in [3.8, 4) is 0 Å². The van der Waals surface area contributed by atoms with Crippen molar-refractivity contribution in [2.45, 2.75) is 26.3 Å². The highest BCUT2D eigenvalue weighted by Gasteiger charge is 2.10. The fourth-order valence-corrected chi connectivity index (χ4v) is 2.25. The van der Waals surface area contributed by atoms with E-state index in [0.717, 1.165) is 30.0 Å². The molecule has 6 heteroatoms. The summed E-state index contributed by atoms with van der Waals surface area (Å²) in [5.74, 6) is 0.963. The van der Waals surface area contributed by atoms with Crippen LogP contribution in [0.2, 0.25) is 0 Å². The number of benzene rings is 1. The lowest BCUT2D eigenvalue weighted by molar-refractivity contribution is -0.384. The SMILES string of the molecule is CCn1c(CCN)cnc1Cc1ccc([N+](=O)[O-])cc1. The van der Waals surface area contributed by atoms with Gasteiger partial charge in [0.05, 0.1) is 4.92 Å². The minimum absolute atomic E-state index is 0.108. The second-order valence-electron chi connectivity index (χ2n) is 4.55. The monoisotopic (exact) mass is 274 g/mol. The van der Waals surface area contributed by atoms with Crippen LogP contribution in [-0.2, 0) is 19.4 Å². The third kappa shape index (κ3) is 3.03. The van der Waals surface area contributed by atoms with Crippen LogP contribution in [0, 0.1) is 10.1 Å². The van der Waals surface area contributed by atoms with Crippen molar-refractivity contribution in [1.29, 1.82) is 0 Å². The molecule has 6 nitrogen and oxygen atoms in total. The highest BCUT2D eigenvalue weighted by atomic mass is 16.6. The average molecular weight is 274 g/mol. The number of nitro groups is 1. The molecule has 0 atom stereocenters. The highest BCUT2D eigenvalue weighted by Crippen LogP contribution is 2.16. The Kier molecular flexibility index (Phi) is 4.47. The van der Waals surface area contributed by atoms with Crippen molar-refractivity contribution in [1.82, 2.24) is 9.55 Å². The molecule has 0 bridgehead atoms. The van der Waals surface area contributed by atoms with Gasteiger partial charge in [-0.1, -0.05) is 12.1 Å². The zero-order valence-electron chi connectivity index (χ0n) is 11.5. The number of nitro benzene ring substituents is 1. The lowest BCUT2D eigenvalue weighted by Gasteiger charge is -2.09. The van der Waals surface area contributed by atoms with Crippen molar-refractivity contribution < 1.29 is 4.92 Å². The molecular weight excluding hydrogens is 256 g/mol. The van der Waals surface area contributed by atoms with Gasteiger partial charge in [0, 0.05) is 43.4 Å². The first-order valence-corrected chi connectivity index (χ1v) is 6.62. The summed E-state index contributed by atoms with van der Waals surface area (Å²) in [4.78, 5) is 14.7. The van der Waals surface area contributed by atoms with E-state index in [0.29, 0.717) is 13.0 Å². The van der Waals surface area contributed by atoms with E-state index in [1.807, 2.05) is 6.20 Å². The van der Waals surface area contributed by atoms with E-state index in [1.54, 1.807) is 12.1 Å². The zero-order valence-corrected chi connectivity index (χ0v) is 11.5. The van der Waals surface area contributed by atoms with Crippen LogP contribution in [0.1, 0.15) is 24.0 Å². The largest absolute Gasteiger partial charge is 0.332 e. The molecule has 0 radical (unpaired) electrons. The summed E-state index contributed by atoms with van der Waals surface area (Å²) < 4.78 is 2.15. The Morgan fingerprint density at radius 1 is 1.35 bits per heavy atom. The third-order valence-corrected chi connectivity index (χ3v) is 3.25. The van der Waals surface area contributed by atoms with E-state index >= 15 is 0 Å². The summed E-state index contributed by atoms with van der Waals surface area (Å²) in [6.45, 7) is 3.52. The maximum absolute atomic E-state index is 10.6. The number of nitrogens with two attached hydrogens (primary N) is 1. The number of non-ortho nitro benzene ring substituents is 1. The molecule has 0 spiro atoms. The van der Waals surface area contributed by atoms with Gasteiger partial charge in [0.2, 0.25) is 0 Å². The molecule has 2 N–H and O–H groups in total. The smallest absolute Gasteiger partial charge is 0.269 e. The van der Waals surface area contributed by atoms with Crippen molar-refractivity contribution in [3.05, 3.63) is 57.7 Å². The van der Waals surface area contributed by atoms with Crippen LogP contribution < -0.4 is 5.73 Å². The number of imidazole rings is 1. The molecule has 106 valence electrons. The van der Waals surface area contributed by atoms with Gasteiger partial charge < -0.3 is 10.3 Å². The van der Waals surface area contributed by atoms with Crippen molar-refractivity contribution in [2.24, 2.45) is 5.73 Å². The van der Waals surface area contributed by atoms with Gasteiger partial charge in [0.1, 0.15) is 5.82 Å². The normalized spacial score (nSPS) is 10.7. The molecule has 0 amide bonds. The lowest BCUT2D eigenvalue weighted by Crippen LogP contribution is -2.10. The molecule has 0 aliphatic carbocycles. The van der Waals surface area contributed by atoms with Crippen molar-refractivity contribution >= 4 is 5.69 Å². The lowest BCUT2D eigenvalue weighted by atomic mass is 10.1. The van der Waals surface area contributed by atoms with Gasteiger partial charge >= 0.3 is 0 Å². The fraction of sp³-hybridized carbons (Fsp3) is 0.357. The Morgan fingerprint density at radius 3 is 2.60 bits per heavy atom. The second kappa shape index (κ2) is 6.29. The first-order valence-electron chi connectivity index (χ1n) is 6.62. The maximum Gasteiger partial charge on any atom is 0.269 e. The molecule has 1 aromatic heterocycles. The van der Waals surface area contributed by atoms with Crippen LogP contribution in [0.4, 0.5) is 5.69 Å². The number of hydrogen-bond acceptors (Lipinski definition) is 4. The minimum atomic E-state index is -0.393. The van der Waals surface area contributed by atoms with E-state index in [1.165, 1.54) is 12.1 Å². The Balaban J connectivity index is 2.19. The summed E-state index contributed by atoms with van der Waals surface area (Å²) in [5.41, 5.74) is 7.83. The van der Waals surface area contributed by atoms with E-state index in [9.17, 15) is 10.1 Å². The number of rotatable bonds is 6. The van der Waals surface area contributed by atoms with Crippen LogP contribution in [0.15, 0.2) is 30.5 Å². The molecule has 2 aromatic rings. The highest BCUT2D eigenvalue weighted by molar-refractivity contribution is 5.34. The first kappa shape index (κ1) is 14.2. The van der Waals surface area contributed by atoms with Gasteiger partial charge in [0.25, 0.3) is 5.69 Å². The van der Waals surface area contributed by atoms with Gasteiger partial charge in [-0.25, -0.2) is 4.98 Å². The van der Waals surface area contributed by atoms with Crippen LogP contribution >= 0.6 is 0 Å². The molecule has 1 heterocycles. The molecule has 0 fully saturated rings. The molecule has 0 aliphatic rings. The van der Waals surface area contributed by atoms with Gasteiger partial charge in [-0.15, -0.1) is 0 Å². The topological polar surface area (TPSA) is 87.0 Å². The summed E-state index contributed by atoms with van der Waals surface area (Å²) >= 11 is 0. The van der Waals surface area contributed by atoms with Gasteiger partial charge in [-0.3, -0.25) is 10.1 Å². The quantitative estimate of drug-likeness (QED) is 0.643. The number of hydrogen-bond donors (Lipinski definition) is 1. The van der Waals surface area contributed by atoms with E-state index in [-0.39, 0.29) is 5.69 Å². The minimum Gasteiger partial charge on any atom is -0.332 e. The van der Waals surface area contributed by atoms with Gasteiger partial charge in [-0.2, -0.15) is 0 Å². The van der Waals surface area contributed by atoms with Crippen LogP contribution in [0.3, 0.4) is 0 Å². The predicted molar refractivity (Wildman–Crippen MR) is 76.6 cm³/mol. The fourth-order valence-electron chi connectivity index (χ4n) is 2.25. The molecule has 0 saturated heterocycles. The average Bonchev–Trinajstić information content (AvgIpc) is 2.82. The standard InChI is InChI=1S/C14H18N4O2/c1-2-17-13(7-8-15)10-16-14(17)9-11-3-5-12(6-4-11)18(19)20/h3-6,10H,2,7-9,15H2,1H3. The number of nitrogens with zero attached hydrogens (tertiary/aromatic N) is 3. The Bertz CT molecular complexity index is 590. The van der Waals surface area contributed by atoms with E-state index in [2.05, 4.69) is 16.5 Å². The molecule has 0 aliphatic heterocycles. The Morgan fingerprint density at radius 2 is 2.05 bits per heavy atom. The third-order valence-electron chi connectivity index (χ3n) is 3.25. The summed E-state index contributed by atoms with van der Waals surface area (Å²) in [5, 5.41) is 10.6. The summed E-state index contributed by atoms with van der Waals surface area (Å²) in [6.07, 6.45) is 3.33. The molecule has 2 rings (SSSR count). The molecule has 0 saturated carbocycles. The van der Waals surface area contributed by atoms with Gasteiger partial charge in [0.15, 0.2) is 0 Å². The van der Waals surface area contributed by atoms with Crippen LogP contribution in [0.5, 0.6) is 0 Å². The van der Waals surface area contributed by atoms with Crippen molar-refractivity contribution in [3.63, 3.8) is 0 Å². The maximum atomic E-state index is 10.6. The number of aromatic nitrogens is 2. The van der Waals surface area contributed by atoms with E-state index < -0.39 is 4.92 Å². The second-order valence-corrected chi connectivity index (χ2v) is 4.55. The predicted octanol–water partition coefficient (Wildman–Crippen LogP) is 1.90. The zero-order chi connectivity index (χ0) is 14.5. The van der Waals surface area contributed by atoms with Crippen molar-refractivity contribution in [2.75, 3.05) is 6.54 Å². The summed E-state index contributed by atoms with van der Waals surface area (Å²) in [7, 11) is 0. The van der Waals surface area contributed by atoms with Crippen LogP contribution in [-0.4, -0.2) is 21.0 Å². The molecule has 20 heavy (non-hydrogen) atoms. The molecule has 0 unspecified atom stereocenters. The van der Waals surface area contributed by atoms with Gasteiger partial charge in [-0.05, 0) is 19.0 Å². The molecular formula is C14H18N4O2. The summed E-state index contributed by atoms with van der Waals surface area (Å²) in [6, 6.07) is 6.59. The van der Waals surface area contributed by atoms with Crippen LogP contribution in [0.25, 0.3) is 0 Å². The first-order chi connectivity index (χ1) is 9.65. The van der Waals surface area contributed by atoms with E-state index in [4.69, 9.17) is 5.73 Å². The Labute approximate surface area is 117 Å².